The van der Waals surface area contributed by atoms with Crippen molar-refractivity contribution in [1.82, 2.24) is 15.1 Å². The number of nitrogens with zero attached hydrogens (tertiary/aromatic N) is 2. The zero-order valence-electron chi connectivity index (χ0n) is 12.8. The molecule has 3 N–H and O–H groups in total. The van der Waals surface area contributed by atoms with Crippen molar-refractivity contribution in [3.05, 3.63) is 18.0 Å². The lowest BCUT2D eigenvalue weighted by molar-refractivity contribution is -0.133. The number of carbonyl (C=O) groups is 2. The van der Waals surface area contributed by atoms with E-state index in [-0.39, 0.29) is 5.91 Å². The molecule has 2 rings (SSSR count). The SMILES string of the molecule is Cc1cnn([C@H](C)C(=O)NC2(C(N)=O)CCCCCC2)c1. The summed E-state index contributed by atoms with van der Waals surface area (Å²) in [4.78, 5) is 24.4. The van der Waals surface area contributed by atoms with Crippen LogP contribution >= 0.6 is 0 Å². The molecule has 1 saturated carbocycles. The third-order valence-corrected chi connectivity index (χ3v) is 4.30. The van der Waals surface area contributed by atoms with Crippen molar-refractivity contribution in [1.29, 1.82) is 0 Å². The minimum atomic E-state index is -0.899. The molecule has 1 fully saturated rings. The van der Waals surface area contributed by atoms with E-state index in [9.17, 15) is 9.59 Å². The van der Waals surface area contributed by atoms with Crippen LogP contribution in [0.4, 0.5) is 0 Å². The summed E-state index contributed by atoms with van der Waals surface area (Å²) in [7, 11) is 0. The summed E-state index contributed by atoms with van der Waals surface area (Å²) in [5.41, 5.74) is 5.68. The van der Waals surface area contributed by atoms with E-state index < -0.39 is 17.5 Å². The molecule has 1 heterocycles. The summed E-state index contributed by atoms with van der Waals surface area (Å²) in [6.07, 6.45) is 8.76. The van der Waals surface area contributed by atoms with E-state index in [1.54, 1.807) is 17.8 Å². The number of nitrogens with one attached hydrogen (secondary N) is 1. The number of nitrogens with two attached hydrogens (primary N) is 1. The van der Waals surface area contributed by atoms with Gasteiger partial charge in [0.05, 0.1) is 6.20 Å². The zero-order chi connectivity index (χ0) is 15.5. The molecule has 1 aromatic heterocycles. The van der Waals surface area contributed by atoms with Crippen LogP contribution in [-0.2, 0) is 9.59 Å². The highest BCUT2D eigenvalue weighted by atomic mass is 16.2. The van der Waals surface area contributed by atoms with Crippen molar-refractivity contribution in [2.45, 2.75) is 64.0 Å². The number of hydrogen-bond donors (Lipinski definition) is 2. The van der Waals surface area contributed by atoms with Crippen molar-refractivity contribution < 1.29 is 9.59 Å². The largest absolute Gasteiger partial charge is 0.368 e. The minimum absolute atomic E-state index is 0.209. The molecule has 0 saturated heterocycles. The summed E-state index contributed by atoms with van der Waals surface area (Å²) in [6, 6.07) is -0.460. The molecular formula is C15H24N4O2. The fraction of sp³-hybridized carbons (Fsp3) is 0.667. The molecule has 0 bridgehead atoms. The van der Waals surface area contributed by atoms with Crippen molar-refractivity contribution in [2.24, 2.45) is 5.73 Å². The molecule has 1 aliphatic carbocycles. The van der Waals surface area contributed by atoms with Crippen molar-refractivity contribution in [3.63, 3.8) is 0 Å². The second-order valence-electron chi connectivity index (χ2n) is 6.02. The van der Waals surface area contributed by atoms with Gasteiger partial charge in [-0.05, 0) is 32.3 Å². The third kappa shape index (κ3) is 3.43. The van der Waals surface area contributed by atoms with Gasteiger partial charge in [-0.3, -0.25) is 14.3 Å². The Balaban J connectivity index is 2.12. The fourth-order valence-electron chi connectivity index (χ4n) is 2.87. The predicted octanol–water partition coefficient (Wildman–Crippen LogP) is 1.45. The first-order valence-electron chi connectivity index (χ1n) is 7.57. The summed E-state index contributed by atoms with van der Waals surface area (Å²) in [5.74, 6) is -0.639. The Morgan fingerprint density at radius 1 is 1.33 bits per heavy atom. The van der Waals surface area contributed by atoms with Crippen LogP contribution in [0, 0.1) is 6.92 Å². The van der Waals surface area contributed by atoms with Crippen LogP contribution in [0.1, 0.15) is 57.1 Å². The molecule has 6 heteroatoms. The fourth-order valence-corrected chi connectivity index (χ4v) is 2.87. The summed E-state index contributed by atoms with van der Waals surface area (Å²) < 4.78 is 1.61. The topological polar surface area (TPSA) is 90.0 Å². The Bertz CT molecular complexity index is 515. The predicted molar refractivity (Wildman–Crippen MR) is 79.4 cm³/mol. The van der Waals surface area contributed by atoms with E-state index in [1.165, 1.54) is 0 Å². The first kappa shape index (κ1) is 15.5. The number of aromatic nitrogens is 2. The van der Waals surface area contributed by atoms with Gasteiger partial charge in [0.25, 0.3) is 0 Å². The Labute approximate surface area is 125 Å². The quantitative estimate of drug-likeness (QED) is 0.823. The van der Waals surface area contributed by atoms with Crippen molar-refractivity contribution >= 4 is 11.8 Å². The zero-order valence-corrected chi connectivity index (χ0v) is 12.8. The van der Waals surface area contributed by atoms with E-state index in [4.69, 9.17) is 5.73 Å². The van der Waals surface area contributed by atoms with Crippen LogP contribution in [0.15, 0.2) is 12.4 Å². The smallest absolute Gasteiger partial charge is 0.245 e. The van der Waals surface area contributed by atoms with Crippen molar-refractivity contribution in [3.8, 4) is 0 Å². The molecule has 1 atom stereocenters. The number of primary amides is 1. The standard InChI is InChI=1S/C15H24N4O2/c1-11-9-17-19(10-11)12(2)13(20)18-15(14(16)21)7-5-3-4-6-8-15/h9-10,12H,3-8H2,1-2H3,(H2,16,21)(H,18,20)/t12-/m1/s1. The molecular weight excluding hydrogens is 268 g/mol. The second kappa shape index (κ2) is 6.28. The highest BCUT2D eigenvalue weighted by Gasteiger charge is 2.39. The van der Waals surface area contributed by atoms with Crippen molar-refractivity contribution in [2.75, 3.05) is 0 Å². The summed E-state index contributed by atoms with van der Waals surface area (Å²) in [6.45, 7) is 3.69. The second-order valence-corrected chi connectivity index (χ2v) is 6.02. The lowest BCUT2D eigenvalue weighted by Crippen LogP contribution is -2.58. The van der Waals surface area contributed by atoms with Gasteiger partial charge in [-0.15, -0.1) is 0 Å². The maximum Gasteiger partial charge on any atom is 0.245 e. The van der Waals surface area contributed by atoms with Gasteiger partial charge in [0.2, 0.25) is 11.8 Å². The van der Waals surface area contributed by atoms with Gasteiger partial charge in [-0.1, -0.05) is 25.7 Å². The molecule has 6 nitrogen and oxygen atoms in total. The normalized spacial score (nSPS) is 19.5. The van der Waals surface area contributed by atoms with E-state index in [1.807, 2.05) is 13.1 Å². The Hall–Kier alpha value is -1.85. The van der Waals surface area contributed by atoms with E-state index >= 15 is 0 Å². The van der Waals surface area contributed by atoms with Crippen LogP contribution in [0.3, 0.4) is 0 Å². The van der Waals surface area contributed by atoms with Gasteiger partial charge >= 0.3 is 0 Å². The first-order chi connectivity index (χ1) is 9.94. The summed E-state index contributed by atoms with van der Waals surface area (Å²) in [5, 5.41) is 7.06. The van der Waals surface area contributed by atoms with E-state index in [2.05, 4.69) is 10.4 Å². The third-order valence-electron chi connectivity index (χ3n) is 4.30. The Morgan fingerprint density at radius 3 is 2.43 bits per heavy atom. The lowest BCUT2D eigenvalue weighted by Gasteiger charge is -2.31. The number of aryl methyl sites for hydroxylation is 1. The van der Waals surface area contributed by atoms with Crippen LogP contribution in [0.5, 0.6) is 0 Å². The molecule has 21 heavy (non-hydrogen) atoms. The number of rotatable bonds is 4. The molecule has 0 radical (unpaired) electrons. The number of amides is 2. The number of hydrogen-bond acceptors (Lipinski definition) is 3. The highest BCUT2D eigenvalue weighted by Crippen LogP contribution is 2.27. The minimum Gasteiger partial charge on any atom is -0.368 e. The maximum atomic E-state index is 12.5. The van der Waals surface area contributed by atoms with E-state index in [0.717, 1.165) is 31.2 Å². The van der Waals surface area contributed by atoms with Gasteiger partial charge < -0.3 is 11.1 Å². The maximum absolute atomic E-state index is 12.5. The summed E-state index contributed by atoms with van der Waals surface area (Å²) >= 11 is 0. The molecule has 2 amide bonds. The highest BCUT2D eigenvalue weighted by molar-refractivity contribution is 5.91. The molecule has 116 valence electrons. The van der Waals surface area contributed by atoms with Crippen LogP contribution < -0.4 is 11.1 Å². The van der Waals surface area contributed by atoms with Crippen LogP contribution in [0.25, 0.3) is 0 Å². The average Bonchev–Trinajstić information content (AvgIpc) is 2.72. The Kier molecular flexibility index (Phi) is 4.65. The van der Waals surface area contributed by atoms with E-state index in [0.29, 0.717) is 12.8 Å². The number of carbonyl (C=O) groups excluding carboxylic acids is 2. The molecule has 1 aliphatic rings. The lowest BCUT2D eigenvalue weighted by atomic mass is 9.89. The average molecular weight is 292 g/mol. The Morgan fingerprint density at radius 2 is 1.95 bits per heavy atom. The molecule has 1 aromatic rings. The van der Waals surface area contributed by atoms with Crippen LogP contribution in [-0.4, -0.2) is 27.1 Å². The molecule has 0 spiro atoms. The molecule has 0 aliphatic heterocycles. The van der Waals surface area contributed by atoms with Gasteiger partial charge in [-0.2, -0.15) is 5.10 Å². The van der Waals surface area contributed by atoms with Crippen LogP contribution in [0.2, 0.25) is 0 Å². The molecule has 0 aromatic carbocycles. The first-order valence-corrected chi connectivity index (χ1v) is 7.57. The molecule has 0 unspecified atom stereocenters. The monoisotopic (exact) mass is 292 g/mol. The van der Waals surface area contributed by atoms with Gasteiger partial charge in [-0.25, -0.2) is 0 Å². The van der Waals surface area contributed by atoms with Gasteiger partial charge in [0.15, 0.2) is 0 Å². The van der Waals surface area contributed by atoms with Gasteiger partial charge in [0, 0.05) is 6.20 Å². The van der Waals surface area contributed by atoms with Gasteiger partial charge in [0.1, 0.15) is 11.6 Å².